The molecular formula is C14H12BrN3. The number of rotatable bonds is 3. The van der Waals surface area contributed by atoms with E-state index in [0.717, 1.165) is 15.9 Å². The van der Waals surface area contributed by atoms with Crippen LogP contribution in [0.4, 0.5) is 5.69 Å². The van der Waals surface area contributed by atoms with E-state index in [1.807, 2.05) is 36.4 Å². The Hall–Kier alpha value is -1.86. The van der Waals surface area contributed by atoms with Crippen molar-refractivity contribution < 1.29 is 0 Å². The molecule has 2 aromatic rings. The molecule has 0 aliphatic rings. The summed E-state index contributed by atoms with van der Waals surface area (Å²) >= 11 is 3.30. The van der Waals surface area contributed by atoms with Crippen LogP contribution in [0.25, 0.3) is 0 Å². The van der Waals surface area contributed by atoms with Gasteiger partial charge in [-0.25, -0.2) is 4.98 Å². The number of nitrogens with one attached hydrogen (secondary N) is 1. The van der Waals surface area contributed by atoms with Crippen LogP contribution in [0.2, 0.25) is 0 Å². The molecule has 0 aliphatic carbocycles. The summed E-state index contributed by atoms with van der Waals surface area (Å²) in [6.45, 7) is 2.07. The summed E-state index contributed by atoms with van der Waals surface area (Å²) < 4.78 is 0.819. The van der Waals surface area contributed by atoms with Crippen molar-refractivity contribution in [3.05, 3.63) is 58.3 Å². The molecule has 0 spiro atoms. The number of hydrogen-bond acceptors (Lipinski definition) is 3. The predicted molar refractivity (Wildman–Crippen MR) is 75.1 cm³/mol. The highest BCUT2D eigenvalue weighted by molar-refractivity contribution is 9.10. The Bertz CT molecular complexity index is 555. The Kier molecular flexibility index (Phi) is 3.96. The van der Waals surface area contributed by atoms with Crippen LogP contribution >= 0.6 is 15.9 Å². The summed E-state index contributed by atoms with van der Waals surface area (Å²) in [6.07, 6.45) is 1.78. The summed E-state index contributed by atoms with van der Waals surface area (Å²) in [6, 6.07) is 13.7. The molecule has 4 heteroatoms. The summed E-state index contributed by atoms with van der Waals surface area (Å²) in [5.74, 6) is 0. The van der Waals surface area contributed by atoms with E-state index in [1.165, 1.54) is 0 Å². The van der Waals surface area contributed by atoms with Crippen molar-refractivity contribution in [1.82, 2.24) is 4.98 Å². The van der Waals surface area contributed by atoms with Crippen molar-refractivity contribution in [2.45, 2.75) is 13.0 Å². The third-order valence-electron chi connectivity index (χ3n) is 2.65. The van der Waals surface area contributed by atoms with Crippen molar-refractivity contribution in [2.24, 2.45) is 0 Å². The number of anilines is 1. The molecule has 0 aliphatic heterocycles. The van der Waals surface area contributed by atoms with Crippen molar-refractivity contribution in [2.75, 3.05) is 5.32 Å². The number of hydrogen-bond donors (Lipinski definition) is 1. The molecule has 0 radical (unpaired) electrons. The van der Waals surface area contributed by atoms with E-state index in [0.29, 0.717) is 5.56 Å². The fourth-order valence-corrected chi connectivity index (χ4v) is 1.88. The van der Waals surface area contributed by atoms with Crippen LogP contribution in [0.5, 0.6) is 0 Å². The SMILES string of the molecule is CC(Nc1ccc(Br)nc1)c1ccc(C#N)cc1. The maximum Gasteiger partial charge on any atom is 0.106 e. The summed E-state index contributed by atoms with van der Waals surface area (Å²) in [7, 11) is 0. The van der Waals surface area contributed by atoms with Crippen LogP contribution in [0, 0.1) is 11.3 Å². The minimum absolute atomic E-state index is 0.167. The Balaban J connectivity index is 2.09. The van der Waals surface area contributed by atoms with Crippen molar-refractivity contribution in [1.29, 1.82) is 5.26 Å². The Morgan fingerprint density at radius 3 is 2.50 bits per heavy atom. The van der Waals surface area contributed by atoms with Gasteiger partial charge in [0.2, 0.25) is 0 Å². The zero-order chi connectivity index (χ0) is 13.0. The molecular weight excluding hydrogens is 290 g/mol. The smallest absolute Gasteiger partial charge is 0.106 e. The lowest BCUT2D eigenvalue weighted by Gasteiger charge is -2.15. The van der Waals surface area contributed by atoms with E-state index in [4.69, 9.17) is 5.26 Å². The monoisotopic (exact) mass is 301 g/mol. The number of nitrogens with zero attached hydrogens (tertiary/aromatic N) is 2. The van der Waals surface area contributed by atoms with Crippen molar-refractivity contribution >= 4 is 21.6 Å². The van der Waals surface area contributed by atoms with E-state index < -0.39 is 0 Å². The average molecular weight is 302 g/mol. The van der Waals surface area contributed by atoms with Crippen LogP contribution in [0.3, 0.4) is 0 Å². The lowest BCUT2D eigenvalue weighted by Crippen LogP contribution is -2.06. The molecule has 1 unspecified atom stereocenters. The second kappa shape index (κ2) is 5.65. The maximum atomic E-state index is 8.75. The van der Waals surface area contributed by atoms with Gasteiger partial charge in [0, 0.05) is 6.04 Å². The fraction of sp³-hybridized carbons (Fsp3) is 0.143. The molecule has 1 heterocycles. The molecule has 1 aromatic carbocycles. The summed E-state index contributed by atoms with van der Waals surface area (Å²) in [4.78, 5) is 4.16. The molecule has 0 saturated carbocycles. The zero-order valence-electron chi connectivity index (χ0n) is 9.89. The molecule has 3 nitrogen and oxygen atoms in total. The van der Waals surface area contributed by atoms with Gasteiger partial charge in [0.15, 0.2) is 0 Å². The number of nitriles is 1. The highest BCUT2D eigenvalue weighted by atomic mass is 79.9. The molecule has 1 N–H and O–H groups in total. The van der Waals surface area contributed by atoms with Gasteiger partial charge in [0.1, 0.15) is 4.60 Å². The topological polar surface area (TPSA) is 48.7 Å². The molecule has 0 bridgehead atoms. The van der Waals surface area contributed by atoms with E-state index in [9.17, 15) is 0 Å². The maximum absolute atomic E-state index is 8.75. The van der Waals surface area contributed by atoms with Crippen molar-refractivity contribution in [3.8, 4) is 6.07 Å². The molecule has 1 aromatic heterocycles. The third kappa shape index (κ3) is 3.08. The normalized spacial score (nSPS) is 11.6. The second-order valence-corrected chi connectivity index (χ2v) is 4.78. The van der Waals surface area contributed by atoms with Gasteiger partial charge in [-0.3, -0.25) is 0 Å². The van der Waals surface area contributed by atoms with Gasteiger partial charge >= 0.3 is 0 Å². The van der Waals surface area contributed by atoms with E-state index in [2.05, 4.69) is 39.2 Å². The lowest BCUT2D eigenvalue weighted by atomic mass is 10.1. The predicted octanol–water partition coefficient (Wildman–Crippen LogP) is 3.89. The standard InChI is InChI=1S/C14H12BrN3/c1-10(12-4-2-11(8-16)3-5-12)18-13-6-7-14(15)17-9-13/h2-7,9-10,18H,1H3. The van der Waals surface area contributed by atoms with Gasteiger partial charge < -0.3 is 5.32 Å². The van der Waals surface area contributed by atoms with Gasteiger partial charge in [0.05, 0.1) is 23.5 Å². The first-order valence-electron chi connectivity index (χ1n) is 5.57. The molecule has 0 saturated heterocycles. The Labute approximate surface area is 115 Å². The number of aromatic nitrogens is 1. The number of halogens is 1. The van der Waals surface area contributed by atoms with Crippen LogP contribution in [0.1, 0.15) is 24.1 Å². The number of pyridine rings is 1. The largest absolute Gasteiger partial charge is 0.377 e. The van der Waals surface area contributed by atoms with Crippen molar-refractivity contribution in [3.63, 3.8) is 0 Å². The molecule has 18 heavy (non-hydrogen) atoms. The fourth-order valence-electron chi connectivity index (χ4n) is 1.64. The second-order valence-electron chi connectivity index (χ2n) is 3.97. The molecule has 0 fully saturated rings. The van der Waals surface area contributed by atoms with E-state index >= 15 is 0 Å². The van der Waals surface area contributed by atoms with E-state index in [1.54, 1.807) is 6.20 Å². The van der Waals surface area contributed by atoms with E-state index in [-0.39, 0.29) is 6.04 Å². The first-order valence-corrected chi connectivity index (χ1v) is 6.36. The first-order chi connectivity index (χ1) is 8.69. The van der Waals surface area contributed by atoms with Crippen LogP contribution < -0.4 is 5.32 Å². The molecule has 90 valence electrons. The van der Waals surface area contributed by atoms with Gasteiger partial charge in [-0.15, -0.1) is 0 Å². The van der Waals surface area contributed by atoms with Crippen LogP contribution in [-0.4, -0.2) is 4.98 Å². The van der Waals surface area contributed by atoms with Gasteiger partial charge in [-0.1, -0.05) is 12.1 Å². The Morgan fingerprint density at radius 1 is 1.22 bits per heavy atom. The van der Waals surface area contributed by atoms with Crippen LogP contribution in [-0.2, 0) is 0 Å². The lowest BCUT2D eigenvalue weighted by molar-refractivity contribution is 0.882. The highest BCUT2D eigenvalue weighted by Gasteiger charge is 2.05. The third-order valence-corrected chi connectivity index (χ3v) is 3.12. The van der Waals surface area contributed by atoms with Gasteiger partial charge in [0.25, 0.3) is 0 Å². The van der Waals surface area contributed by atoms with Gasteiger partial charge in [-0.05, 0) is 52.7 Å². The average Bonchev–Trinajstić information content (AvgIpc) is 2.41. The quantitative estimate of drug-likeness (QED) is 0.875. The van der Waals surface area contributed by atoms with Crippen LogP contribution in [0.15, 0.2) is 47.2 Å². The Morgan fingerprint density at radius 2 is 1.94 bits per heavy atom. The number of benzene rings is 1. The minimum atomic E-state index is 0.167. The van der Waals surface area contributed by atoms with Gasteiger partial charge in [-0.2, -0.15) is 5.26 Å². The summed E-state index contributed by atoms with van der Waals surface area (Å²) in [5, 5.41) is 12.1. The molecule has 2 rings (SSSR count). The first kappa shape index (κ1) is 12.6. The molecule has 0 amide bonds. The zero-order valence-corrected chi connectivity index (χ0v) is 11.5. The highest BCUT2D eigenvalue weighted by Crippen LogP contribution is 2.19. The molecule has 1 atom stereocenters. The summed E-state index contributed by atoms with van der Waals surface area (Å²) in [5.41, 5.74) is 2.78. The minimum Gasteiger partial charge on any atom is -0.377 e.